The first-order valence-corrected chi connectivity index (χ1v) is 22.3. The Kier molecular flexibility index (Phi) is 40.2. The SMILES string of the molecule is CCCCC/C=C/CC/C=C/C(O)C(CO)NC(=O)CC(O)CCCCCCCCCCCCC/C=C\CCCCCCCCCCCCCC. The highest BCUT2D eigenvalue weighted by atomic mass is 16.3. The van der Waals surface area contributed by atoms with Crippen molar-refractivity contribution >= 4 is 5.91 Å². The van der Waals surface area contributed by atoms with E-state index in [0.29, 0.717) is 6.42 Å². The standard InChI is InChI=1S/C46H87NO4/c1-3-5-7-9-11-13-14-15-16-17-18-19-20-21-22-23-24-25-26-27-28-29-30-32-33-35-37-39-43(49)41-46(51)47-44(42-48)45(50)40-38-36-34-31-12-10-8-6-4-2/h12,21-22,31,38,40,43-45,48-50H,3-11,13-20,23-30,32-37,39,41-42H2,1-2H3,(H,47,51)/b22-21-,31-12+,40-38+. The van der Waals surface area contributed by atoms with Crippen LogP contribution in [-0.4, -0.2) is 46.1 Å². The van der Waals surface area contributed by atoms with E-state index in [4.69, 9.17) is 0 Å². The second-order valence-corrected chi connectivity index (χ2v) is 15.3. The smallest absolute Gasteiger partial charge is 0.222 e. The molecule has 0 aliphatic heterocycles. The molecule has 300 valence electrons. The fourth-order valence-electron chi connectivity index (χ4n) is 6.70. The second-order valence-electron chi connectivity index (χ2n) is 15.3. The Hall–Kier alpha value is -1.43. The monoisotopic (exact) mass is 718 g/mol. The first kappa shape index (κ1) is 49.6. The molecule has 0 saturated carbocycles. The average Bonchev–Trinajstić information content (AvgIpc) is 3.12. The van der Waals surface area contributed by atoms with Gasteiger partial charge in [-0.25, -0.2) is 0 Å². The number of nitrogens with one attached hydrogen (secondary N) is 1. The van der Waals surface area contributed by atoms with Crippen molar-refractivity contribution in [2.24, 2.45) is 0 Å². The highest BCUT2D eigenvalue weighted by Gasteiger charge is 2.20. The molecule has 5 heteroatoms. The van der Waals surface area contributed by atoms with Crippen molar-refractivity contribution in [3.8, 4) is 0 Å². The highest BCUT2D eigenvalue weighted by Crippen LogP contribution is 2.15. The Bertz CT molecular complexity index is 794. The third kappa shape index (κ3) is 38.1. The quantitative estimate of drug-likeness (QED) is 0.0375. The predicted molar refractivity (Wildman–Crippen MR) is 222 cm³/mol. The number of hydrogen-bond acceptors (Lipinski definition) is 4. The van der Waals surface area contributed by atoms with Crippen LogP contribution in [0.25, 0.3) is 0 Å². The fraction of sp³-hybridized carbons (Fsp3) is 0.848. The number of aliphatic hydroxyl groups is 3. The normalized spacial score (nSPS) is 13.9. The largest absolute Gasteiger partial charge is 0.394 e. The summed E-state index contributed by atoms with van der Waals surface area (Å²) in [7, 11) is 0. The molecule has 4 N–H and O–H groups in total. The maximum absolute atomic E-state index is 12.4. The van der Waals surface area contributed by atoms with Gasteiger partial charge in [0, 0.05) is 0 Å². The van der Waals surface area contributed by atoms with Gasteiger partial charge < -0.3 is 20.6 Å². The van der Waals surface area contributed by atoms with Gasteiger partial charge in [0.05, 0.1) is 31.3 Å². The van der Waals surface area contributed by atoms with E-state index < -0.39 is 18.2 Å². The minimum Gasteiger partial charge on any atom is -0.394 e. The van der Waals surface area contributed by atoms with Crippen LogP contribution in [0.5, 0.6) is 0 Å². The lowest BCUT2D eigenvalue weighted by molar-refractivity contribution is -0.124. The zero-order valence-corrected chi connectivity index (χ0v) is 34.0. The number of rotatable bonds is 40. The fourth-order valence-corrected chi connectivity index (χ4v) is 6.70. The van der Waals surface area contributed by atoms with Gasteiger partial charge in [-0.3, -0.25) is 4.79 Å². The predicted octanol–water partition coefficient (Wildman–Crippen LogP) is 12.8. The molecule has 0 rings (SSSR count). The van der Waals surface area contributed by atoms with Gasteiger partial charge in [-0.2, -0.15) is 0 Å². The van der Waals surface area contributed by atoms with E-state index in [0.717, 1.165) is 32.1 Å². The van der Waals surface area contributed by atoms with Crippen molar-refractivity contribution in [2.75, 3.05) is 6.61 Å². The average molecular weight is 718 g/mol. The van der Waals surface area contributed by atoms with E-state index in [1.165, 1.54) is 167 Å². The van der Waals surface area contributed by atoms with Crippen LogP contribution in [0.15, 0.2) is 36.5 Å². The molecule has 3 unspecified atom stereocenters. The molecule has 0 aliphatic rings. The van der Waals surface area contributed by atoms with Gasteiger partial charge in [-0.15, -0.1) is 0 Å². The maximum Gasteiger partial charge on any atom is 0.222 e. The first-order valence-electron chi connectivity index (χ1n) is 22.3. The van der Waals surface area contributed by atoms with Crippen LogP contribution >= 0.6 is 0 Å². The molecule has 1 amide bonds. The van der Waals surface area contributed by atoms with Gasteiger partial charge in [0.15, 0.2) is 0 Å². The Morgan fingerprint density at radius 3 is 1.29 bits per heavy atom. The van der Waals surface area contributed by atoms with Crippen LogP contribution in [0.3, 0.4) is 0 Å². The third-order valence-electron chi connectivity index (χ3n) is 10.1. The molecule has 0 radical (unpaired) electrons. The minimum atomic E-state index is -0.949. The van der Waals surface area contributed by atoms with Crippen molar-refractivity contribution in [3.63, 3.8) is 0 Å². The zero-order chi connectivity index (χ0) is 37.3. The Labute approximate surface area is 317 Å². The lowest BCUT2D eigenvalue weighted by Crippen LogP contribution is -2.45. The summed E-state index contributed by atoms with van der Waals surface area (Å²) in [5.74, 6) is -0.328. The van der Waals surface area contributed by atoms with Crippen LogP contribution in [0, 0.1) is 0 Å². The molecule has 0 aromatic heterocycles. The topological polar surface area (TPSA) is 89.8 Å². The van der Waals surface area contributed by atoms with Crippen LogP contribution in [0.4, 0.5) is 0 Å². The molecule has 0 saturated heterocycles. The Morgan fingerprint density at radius 1 is 0.490 bits per heavy atom. The van der Waals surface area contributed by atoms with E-state index in [-0.39, 0.29) is 18.9 Å². The summed E-state index contributed by atoms with van der Waals surface area (Å²) in [5.41, 5.74) is 0. The van der Waals surface area contributed by atoms with Crippen molar-refractivity contribution in [2.45, 2.75) is 244 Å². The molecule has 5 nitrogen and oxygen atoms in total. The van der Waals surface area contributed by atoms with Crippen molar-refractivity contribution in [3.05, 3.63) is 36.5 Å². The van der Waals surface area contributed by atoms with Crippen LogP contribution < -0.4 is 5.32 Å². The third-order valence-corrected chi connectivity index (χ3v) is 10.1. The number of amides is 1. The maximum atomic E-state index is 12.4. The molecule has 0 aliphatic carbocycles. The molecule has 51 heavy (non-hydrogen) atoms. The number of hydrogen-bond donors (Lipinski definition) is 4. The Morgan fingerprint density at radius 2 is 0.843 bits per heavy atom. The lowest BCUT2D eigenvalue weighted by Gasteiger charge is -2.21. The van der Waals surface area contributed by atoms with Crippen molar-refractivity contribution in [1.29, 1.82) is 0 Å². The van der Waals surface area contributed by atoms with Gasteiger partial charge >= 0.3 is 0 Å². The molecule has 0 aromatic carbocycles. The van der Waals surface area contributed by atoms with E-state index in [1.807, 2.05) is 6.08 Å². The number of carbonyl (C=O) groups is 1. The van der Waals surface area contributed by atoms with E-state index in [9.17, 15) is 20.1 Å². The molecule has 0 spiro atoms. The van der Waals surface area contributed by atoms with Crippen LogP contribution in [0.2, 0.25) is 0 Å². The summed E-state index contributed by atoms with van der Waals surface area (Å²) in [6, 6.07) is -0.758. The first-order chi connectivity index (χ1) is 25.0. The molecule has 0 fully saturated rings. The summed E-state index contributed by atoms with van der Waals surface area (Å²) in [5, 5.41) is 33.0. The van der Waals surface area contributed by atoms with Crippen LogP contribution in [-0.2, 0) is 4.79 Å². The van der Waals surface area contributed by atoms with E-state index in [1.54, 1.807) is 6.08 Å². The summed E-state index contributed by atoms with van der Waals surface area (Å²) in [4.78, 5) is 12.4. The van der Waals surface area contributed by atoms with Crippen LogP contribution in [0.1, 0.15) is 226 Å². The molecule has 0 bridgehead atoms. The van der Waals surface area contributed by atoms with Crippen molar-refractivity contribution in [1.82, 2.24) is 5.32 Å². The zero-order valence-electron chi connectivity index (χ0n) is 34.0. The second kappa shape index (κ2) is 41.3. The summed E-state index contributed by atoms with van der Waals surface area (Å²) in [6.45, 7) is 4.15. The molecule has 0 aromatic rings. The number of allylic oxidation sites excluding steroid dienone is 5. The summed E-state index contributed by atoms with van der Waals surface area (Å²) < 4.78 is 0. The summed E-state index contributed by atoms with van der Waals surface area (Å²) >= 11 is 0. The van der Waals surface area contributed by atoms with Gasteiger partial charge in [-0.05, 0) is 57.8 Å². The van der Waals surface area contributed by atoms with Gasteiger partial charge in [0.25, 0.3) is 0 Å². The van der Waals surface area contributed by atoms with Gasteiger partial charge in [-0.1, -0.05) is 198 Å². The number of carbonyl (C=O) groups excluding carboxylic acids is 1. The number of unbranched alkanes of at least 4 members (excludes halogenated alkanes) is 27. The van der Waals surface area contributed by atoms with Gasteiger partial charge in [0.1, 0.15) is 0 Å². The molecular formula is C46H87NO4. The molecule has 3 atom stereocenters. The Balaban J connectivity index is 3.55. The van der Waals surface area contributed by atoms with E-state index in [2.05, 4.69) is 43.5 Å². The molecule has 0 heterocycles. The number of aliphatic hydroxyl groups excluding tert-OH is 3. The van der Waals surface area contributed by atoms with E-state index >= 15 is 0 Å². The highest BCUT2D eigenvalue weighted by molar-refractivity contribution is 5.76. The molecular weight excluding hydrogens is 631 g/mol. The van der Waals surface area contributed by atoms with Crippen molar-refractivity contribution < 1.29 is 20.1 Å². The van der Waals surface area contributed by atoms with Gasteiger partial charge in [0.2, 0.25) is 5.91 Å². The summed E-state index contributed by atoms with van der Waals surface area (Å²) in [6.07, 6.45) is 51.7. The minimum absolute atomic E-state index is 0.00548. The lowest BCUT2D eigenvalue weighted by atomic mass is 10.0.